The molecule has 13 heteroatoms. The summed E-state index contributed by atoms with van der Waals surface area (Å²) in [5.74, 6) is 0.557. The number of nitrogens with zero attached hydrogens (tertiary/aromatic N) is 7. The van der Waals surface area contributed by atoms with Gasteiger partial charge >= 0.3 is 5.97 Å². The van der Waals surface area contributed by atoms with Crippen molar-refractivity contribution in [3.8, 4) is 0 Å². The first-order valence-electron chi connectivity index (χ1n) is 17.0. The highest BCUT2D eigenvalue weighted by Crippen LogP contribution is 2.40. The smallest absolute Gasteiger partial charge is 0.302 e. The summed E-state index contributed by atoms with van der Waals surface area (Å²) < 4.78 is 15.1. The van der Waals surface area contributed by atoms with Crippen molar-refractivity contribution < 1.29 is 24.2 Å². The molecule has 3 aromatic heterocycles. The third-order valence-corrected chi connectivity index (χ3v) is 10.1. The second-order valence-electron chi connectivity index (χ2n) is 14.4. The number of methoxy groups -OCH3 is 1. The zero-order valence-corrected chi connectivity index (χ0v) is 29.2. The van der Waals surface area contributed by atoms with Crippen LogP contribution < -0.4 is 10.2 Å². The second-order valence-corrected chi connectivity index (χ2v) is 14.4. The van der Waals surface area contributed by atoms with Gasteiger partial charge in [0, 0.05) is 88.6 Å². The maximum atomic E-state index is 14.0. The third-order valence-electron chi connectivity index (χ3n) is 10.1. The number of hydrogen-bond acceptors (Lipinski definition) is 10. The largest absolute Gasteiger partial charge is 0.461 e. The van der Waals surface area contributed by atoms with E-state index in [0.29, 0.717) is 54.3 Å². The Morgan fingerprint density at radius 1 is 1.18 bits per heavy atom. The highest BCUT2D eigenvalue weighted by molar-refractivity contribution is 6.06. The highest BCUT2D eigenvalue weighted by atomic mass is 16.5. The summed E-state index contributed by atoms with van der Waals surface area (Å²) >= 11 is 0. The molecule has 2 N–H and O–H groups in total. The molecule has 3 aliphatic heterocycles. The van der Waals surface area contributed by atoms with Gasteiger partial charge in [0.05, 0.1) is 24.5 Å². The molecule has 0 radical (unpaired) electrons. The summed E-state index contributed by atoms with van der Waals surface area (Å²) in [7, 11) is 3.52. The standard InChI is InChI=1S/C36H46N8O5/c1-22(20-48-6)41-9-12-44-26(19-41)15-32(39-44)38-29-13-25(18-40(5)34(29)46)27-7-8-37-33(28(27)21-49-23(2)45)43-11-10-42-30(35(43)47)14-24-16-36(3,4)17-31(24)42/h7-8,13-15,18,22,34,46H,9-12,16-17,19-21H2,1-6H3,(H,38,39)/t22?,34-/m1/s1. The number of carbonyl (C=O) groups is 2. The van der Waals surface area contributed by atoms with Crippen molar-refractivity contribution in [1.29, 1.82) is 0 Å². The number of aromatic nitrogens is 4. The molecule has 49 heavy (non-hydrogen) atoms. The first-order valence-corrected chi connectivity index (χ1v) is 17.0. The van der Waals surface area contributed by atoms with Gasteiger partial charge in [0.1, 0.15) is 18.1 Å². The molecule has 2 atom stereocenters. The normalized spacial score (nSPS) is 20.7. The number of hydrogen-bond donors (Lipinski definition) is 2. The van der Waals surface area contributed by atoms with Gasteiger partial charge in [-0.05, 0) is 54.5 Å². The van der Waals surface area contributed by atoms with Crippen molar-refractivity contribution >= 4 is 29.1 Å². The molecule has 0 saturated heterocycles. The molecule has 4 aliphatic rings. The summed E-state index contributed by atoms with van der Waals surface area (Å²) in [6, 6.07) is 6.20. The van der Waals surface area contributed by atoms with Crippen molar-refractivity contribution in [3.05, 3.63) is 76.1 Å². The van der Waals surface area contributed by atoms with Gasteiger partial charge in [-0.15, -0.1) is 0 Å². The van der Waals surface area contributed by atoms with Gasteiger partial charge in [0.25, 0.3) is 5.91 Å². The fourth-order valence-corrected chi connectivity index (χ4v) is 7.67. The number of carbonyl (C=O) groups excluding carboxylic acids is 2. The Hall–Kier alpha value is -4.46. The molecular formula is C36H46N8O5. The molecule has 0 aromatic carbocycles. The SMILES string of the molecule is COCC(C)N1CCn2nc(NC3=CC(c4ccnc(N5CCn6c(cc7c6CC(C)(C)C7)C5=O)c4COC(C)=O)=CN(C)[C@@H]3O)cc2C1. The lowest BCUT2D eigenvalue weighted by Crippen LogP contribution is -2.42. The molecule has 1 aliphatic carbocycles. The fourth-order valence-electron chi connectivity index (χ4n) is 7.67. The van der Waals surface area contributed by atoms with Gasteiger partial charge in [-0.1, -0.05) is 13.8 Å². The molecule has 1 unspecified atom stereocenters. The van der Waals surface area contributed by atoms with E-state index < -0.39 is 12.2 Å². The topological polar surface area (TPSA) is 130 Å². The number of amides is 1. The quantitative estimate of drug-likeness (QED) is 0.327. The Kier molecular flexibility index (Phi) is 8.62. The molecule has 0 saturated carbocycles. The van der Waals surface area contributed by atoms with Crippen molar-refractivity contribution in [2.45, 2.75) is 79.0 Å². The summed E-state index contributed by atoms with van der Waals surface area (Å²) in [4.78, 5) is 36.6. The number of likely N-dealkylation sites (N-methyl/N-ethyl adjacent to an activating group) is 1. The lowest BCUT2D eigenvalue weighted by atomic mass is 9.90. The number of fused-ring (bicyclic) bond motifs is 4. The molecule has 6 heterocycles. The van der Waals surface area contributed by atoms with Gasteiger partial charge in [-0.2, -0.15) is 5.10 Å². The molecule has 260 valence electrons. The molecular weight excluding hydrogens is 624 g/mol. The Morgan fingerprint density at radius 2 is 2.00 bits per heavy atom. The van der Waals surface area contributed by atoms with Crippen LogP contribution in [0.5, 0.6) is 0 Å². The third kappa shape index (κ3) is 6.26. The number of nitrogens with one attached hydrogen (secondary N) is 1. The average molecular weight is 671 g/mol. The second kappa shape index (κ2) is 12.8. The van der Waals surface area contributed by atoms with Crippen LogP contribution in [0, 0.1) is 5.41 Å². The molecule has 13 nitrogen and oxygen atoms in total. The summed E-state index contributed by atoms with van der Waals surface area (Å²) in [5.41, 5.74) is 7.11. The van der Waals surface area contributed by atoms with Crippen LogP contribution in [-0.2, 0) is 53.4 Å². The number of pyridine rings is 1. The van der Waals surface area contributed by atoms with Crippen LogP contribution in [0.15, 0.2) is 42.4 Å². The van der Waals surface area contributed by atoms with Crippen molar-refractivity contribution in [2.75, 3.05) is 44.1 Å². The van der Waals surface area contributed by atoms with Crippen LogP contribution in [0.2, 0.25) is 0 Å². The summed E-state index contributed by atoms with van der Waals surface area (Å²) in [6.45, 7) is 12.2. The lowest BCUT2D eigenvalue weighted by molar-refractivity contribution is -0.142. The summed E-state index contributed by atoms with van der Waals surface area (Å²) in [6.07, 6.45) is 6.35. The number of aliphatic hydroxyl groups excluding tert-OH is 1. The molecule has 0 spiro atoms. The predicted octanol–water partition coefficient (Wildman–Crippen LogP) is 3.38. The van der Waals surface area contributed by atoms with Crippen LogP contribution in [0.25, 0.3) is 5.57 Å². The molecule has 7 rings (SSSR count). The first kappa shape index (κ1) is 33.1. The Bertz CT molecular complexity index is 1850. The maximum absolute atomic E-state index is 14.0. The van der Waals surface area contributed by atoms with E-state index in [-0.39, 0.29) is 17.9 Å². The van der Waals surface area contributed by atoms with Crippen LogP contribution in [0.3, 0.4) is 0 Å². The van der Waals surface area contributed by atoms with Gasteiger partial charge < -0.3 is 29.4 Å². The van der Waals surface area contributed by atoms with Crippen LogP contribution >= 0.6 is 0 Å². The highest BCUT2D eigenvalue weighted by Gasteiger charge is 2.38. The van der Waals surface area contributed by atoms with E-state index in [1.54, 1.807) is 30.2 Å². The minimum absolute atomic E-state index is 0.0602. The predicted molar refractivity (Wildman–Crippen MR) is 184 cm³/mol. The minimum Gasteiger partial charge on any atom is -0.461 e. The first-order chi connectivity index (χ1) is 23.4. The van der Waals surface area contributed by atoms with Gasteiger partial charge in [0.2, 0.25) is 0 Å². The van der Waals surface area contributed by atoms with E-state index in [4.69, 9.17) is 14.6 Å². The van der Waals surface area contributed by atoms with Crippen LogP contribution in [0.4, 0.5) is 11.6 Å². The Balaban J connectivity index is 1.19. The number of anilines is 2. The number of ether oxygens (including phenoxy) is 2. The van der Waals surface area contributed by atoms with E-state index in [1.807, 2.05) is 35.2 Å². The van der Waals surface area contributed by atoms with Crippen molar-refractivity contribution in [2.24, 2.45) is 5.41 Å². The number of esters is 1. The molecule has 3 aromatic rings. The average Bonchev–Trinajstić information content (AvgIpc) is 3.71. The number of aliphatic hydroxyl groups is 1. The maximum Gasteiger partial charge on any atom is 0.302 e. The summed E-state index contributed by atoms with van der Waals surface area (Å²) in [5, 5.41) is 19.4. The molecule has 1 amide bonds. The Morgan fingerprint density at radius 3 is 2.78 bits per heavy atom. The van der Waals surface area contributed by atoms with Crippen LogP contribution in [-0.4, -0.2) is 92.2 Å². The lowest BCUT2D eigenvalue weighted by Gasteiger charge is -2.32. The zero-order chi connectivity index (χ0) is 34.6. The van der Waals surface area contributed by atoms with E-state index >= 15 is 0 Å². The molecule has 0 bridgehead atoms. The van der Waals surface area contributed by atoms with Gasteiger partial charge in [-0.3, -0.25) is 24.1 Å². The monoisotopic (exact) mass is 670 g/mol. The van der Waals surface area contributed by atoms with E-state index in [2.05, 4.69) is 40.5 Å². The molecule has 0 fully saturated rings. The number of rotatable bonds is 9. The van der Waals surface area contributed by atoms with Crippen LogP contribution in [0.1, 0.15) is 66.3 Å². The van der Waals surface area contributed by atoms with E-state index in [0.717, 1.165) is 49.3 Å². The van der Waals surface area contributed by atoms with Gasteiger partial charge in [-0.25, -0.2) is 4.98 Å². The fraction of sp³-hybridized carbons (Fsp3) is 0.500. The van der Waals surface area contributed by atoms with Crippen molar-refractivity contribution in [3.63, 3.8) is 0 Å². The van der Waals surface area contributed by atoms with E-state index in [1.165, 1.54) is 18.2 Å². The number of allylic oxidation sites excluding steroid dienone is 2. The Labute approximate surface area is 286 Å². The minimum atomic E-state index is -0.942. The van der Waals surface area contributed by atoms with E-state index in [9.17, 15) is 14.7 Å². The zero-order valence-electron chi connectivity index (χ0n) is 29.2. The van der Waals surface area contributed by atoms with Gasteiger partial charge in [0.15, 0.2) is 12.0 Å². The van der Waals surface area contributed by atoms with Crippen molar-refractivity contribution in [1.82, 2.24) is 29.1 Å².